The van der Waals surface area contributed by atoms with Crippen molar-refractivity contribution < 1.29 is 13.7 Å². The number of hydrogen-bond acceptors (Lipinski definition) is 6. The first kappa shape index (κ1) is 21.1. The van der Waals surface area contributed by atoms with Crippen molar-refractivity contribution in [1.82, 2.24) is 0 Å². The van der Waals surface area contributed by atoms with Crippen LogP contribution in [0.3, 0.4) is 0 Å². The van der Waals surface area contributed by atoms with Gasteiger partial charge in [-0.05, 0) is 0 Å². The van der Waals surface area contributed by atoms with Crippen molar-refractivity contribution in [1.29, 1.82) is 0 Å². The lowest BCUT2D eigenvalue weighted by atomic mass is 10.8. The lowest BCUT2D eigenvalue weighted by Crippen LogP contribution is -2.23. The average Bonchev–Trinajstić information content (AvgIpc) is 2.39. The highest BCUT2D eigenvalue weighted by Crippen LogP contribution is 2.27. The van der Waals surface area contributed by atoms with Gasteiger partial charge in [-0.15, -0.1) is 25.4 Å². The minimum atomic E-state index is -1.64. The summed E-state index contributed by atoms with van der Waals surface area (Å²) in [7, 11) is 0. The fourth-order valence-corrected chi connectivity index (χ4v) is 2.17. The van der Waals surface area contributed by atoms with E-state index in [4.69, 9.17) is 94.9 Å². The number of halogens is 7. The summed E-state index contributed by atoms with van der Waals surface area (Å²) >= 11 is 37.7. The van der Waals surface area contributed by atoms with Gasteiger partial charge in [0.1, 0.15) is 13.2 Å². The highest BCUT2D eigenvalue weighted by Gasteiger charge is 2.25. The van der Waals surface area contributed by atoms with Crippen LogP contribution in [0, 0.1) is 0 Å². The molecule has 1 rings (SSSR count). The van der Waals surface area contributed by atoms with Crippen LogP contribution in [-0.4, -0.2) is 45.3 Å². The minimum absolute atomic E-state index is 0.140. The Labute approximate surface area is 164 Å². The Morgan fingerprint density at radius 2 is 1.45 bits per heavy atom. The van der Waals surface area contributed by atoms with Gasteiger partial charge in [0.2, 0.25) is 7.59 Å². The molecule has 0 saturated carbocycles. The fourth-order valence-electron chi connectivity index (χ4n) is 0.845. The molecule has 6 nitrogen and oxygen atoms in total. The number of amidine groups is 2. The quantitative estimate of drug-likeness (QED) is 0.556. The van der Waals surface area contributed by atoms with Crippen LogP contribution in [0.4, 0.5) is 0 Å². The van der Waals surface area contributed by atoms with Crippen LogP contribution < -0.4 is 0 Å². The Morgan fingerprint density at radius 1 is 0.909 bits per heavy atom. The van der Waals surface area contributed by atoms with Gasteiger partial charge in [0.25, 0.3) is 0 Å². The van der Waals surface area contributed by atoms with E-state index in [0.717, 1.165) is 0 Å². The fraction of sp³-hybridized carbons (Fsp3) is 0.750. The van der Waals surface area contributed by atoms with Gasteiger partial charge in [0, 0.05) is 5.88 Å². The zero-order valence-electron chi connectivity index (χ0n) is 10.4. The summed E-state index contributed by atoms with van der Waals surface area (Å²) < 4.78 is 20.2. The standard InChI is InChI=1S/C8H8Cl7N3O3S/c9-1-2-21-22-17-5(19-3-7(10,11)12)16-6(18-22)20-4-8(13,14)15/h1-4H2. The Balaban J connectivity index is 2.77. The molecule has 1 unspecified atom stereocenters. The summed E-state index contributed by atoms with van der Waals surface area (Å²) in [5, 5.41) is 0. The first-order valence-corrected chi connectivity index (χ1v) is 9.17. The van der Waals surface area contributed by atoms with Gasteiger partial charge < -0.3 is 9.47 Å². The van der Waals surface area contributed by atoms with Gasteiger partial charge in [0.15, 0.2) is 11.2 Å². The van der Waals surface area contributed by atoms with Gasteiger partial charge in [0.05, 0.1) is 6.61 Å². The second-order valence-corrected chi connectivity index (χ2v) is 9.88. The van der Waals surface area contributed by atoms with Crippen LogP contribution in [0.25, 0.3) is 0 Å². The summed E-state index contributed by atoms with van der Waals surface area (Å²) in [6.45, 7) is -0.373. The molecule has 0 fully saturated rings. The van der Waals surface area contributed by atoms with E-state index in [2.05, 4.69) is 13.8 Å². The van der Waals surface area contributed by atoms with Crippen LogP contribution in [0.1, 0.15) is 0 Å². The van der Waals surface area contributed by atoms with E-state index in [0.29, 0.717) is 0 Å². The molecule has 0 radical (unpaired) electrons. The van der Waals surface area contributed by atoms with Crippen molar-refractivity contribution in [3.05, 3.63) is 0 Å². The van der Waals surface area contributed by atoms with Crippen molar-refractivity contribution in [3.8, 4) is 0 Å². The second-order valence-electron chi connectivity index (χ2n) is 3.41. The Hall–Kier alpha value is 1.08. The summed E-state index contributed by atoms with van der Waals surface area (Å²) in [4.78, 5) is 3.84. The molecule has 0 bridgehead atoms. The van der Waals surface area contributed by atoms with Crippen LogP contribution in [-0.2, 0) is 24.8 Å². The second kappa shape index (κ2) is 9.53. The molecule has 0 aliphatic carbocycles. The van der Waals surface area contributed by atoms with E-state index in [-0.39, 0.29) is 37.7 Å². The molecule has 0 aromatic heterocycles. The zero-order chi connectivity index (χ0) is 16.8. The monoisotopic (exact) mass is 471 g/mol. The first-order valence-electron chi connectivity index (χ1n) is 5.31. The summed E-state index contributed by atoms with van der Waals surface area (Å²) in [6.07, 6.45) is 0. The summed E-state index contributed by atoms with van der Waals surface area (Å²) in [5.74, 6) is 0.250. The number of hydrogen-bond donors (Lipinski definition) is 0. The SMILES string of the molecule is ClCCOS1=NC(OCC(Cl)(Cl)Cl)=NC(OCC(Cl)(Cl)Cl)=N1. The molecule has 0 spiro atoms. The van der Waals surface area contributed by atoms with Crippen LogP contribution >= 0.6 is 81.2 Å². The highest BCUT2D eigenvalue weighted by molar-refractivity contribution is 7.81. The number of alkyl halides is 7. The predicted octanol–water partition coefficient (Wildman–Crippen LogP) is 4.37. The number of ether oxygens (including phenoxy) is 2. The topological polar surface area (TPSA) is 64.8 Å². The average molecular weight is 474 g/mol. The molecule has 0 N–H and O–H groups in total. The van der Waals surface area contributed by atoms with E-state index in [1.54, 1.807) is 0 Å². The van der Waals surface area contributed by atoms with Gasteiger partial charge in [-0.25, -0.2) is 0 Å². The molecular formula is C8H8Cl7N3O3S. The van der Waals surface area contributed by atoms with Crippen molar-refractivity contribution in [2.45, 2.75) is 7.59 Å². The Kier molecular flexibility index (Phi) is 9.15. The Morgan fingerprint density at radius 3 is 1.95 bits per heavy atom. The van der Waals surface area contributed by atoms with Crippen molar-refractivity contribution in [2.24, 2.45) is 13.8 Å². The molecule has 0 saturated heterocycles. The molecule has 1 atom stereocenters. The molecule has 0 amide bonds. The summed E-state index contributed by atoms with van der Waals surface area (Å²) in [5.41, 5.74) is 0. The van der Waals surface area contributed by atoms with Crippen LogP contribution in [0.15, 0.2) is 13.8 Å². The van der Waals surface area contributed by atoms with E-state index < -0.39 is 18.7 Å². The third-order valence-corrected chi connectivity index (χ3v) is 3.31. The zero-order valence-corrected chi connectivity index (χ0v) is 16.6. The van der Waals surface area contributed by atoms with Gasteiger partial charge in [-0.3, -0.25) is 4.18 Å². The lowest BCUT2D eigenvalue weighted by Gasteiger charge is -2.16. The molecule has 1 aliphatic heterocycles. The van der Waals surface area contributed by atoms with Crippen LogP contribution in [0.2, 0.25) is 0 Å². The molecule has 14 heteroatoms. The maximum Gasteiger partial charge on any atom is 0.331 e. The normalized spacial score (nSPS) is 19.1. The number of aliphatic imine (C=N–C) groups is 1. The van der Waals surface area contributed by atoms with Gasteiger partial charge >= 0.3 is 12.0 Å². The third-order valence-electron chi connectivity index (χ3n) is 1.50. The number of nitrogens with zero attached hydrogens (tertiary/aromatic N) is 3. The molecule has 0 aromatic carbocycles. The first-order chi connectivity index (χ1) is 10.1. The molecule has 1 aliphatic rings. The predicted molar refractivity (Wildman–Crippen MR) is 93.8 cm³/mol. The van der Waals surface area contributed by atoms with Gasteiger partial charge in [-0.2, -0.15) is 0 Å². The Bertz CT molecular complexity index is 456. The molecule has 22 heavy (non-hydrogen) atoms. The van der Waals surface area contributed by atoms with Gasteiger partial charge in [-0.1, -0.05) is 69.6 Å². The third kappa shape index (κ3) is 10.1. The molecule has 128 valence electrons. The van der Waals surface area contributed by atoms with Crippen LogP contribution in [0.5, 0.6) is 0 Å². The van der Waals surface area contributed by atoms with Crippen molar-refractivity contribution in [2.75, 3.05) is 25.7 Å². The van der Waals surface area contributed by atoms with Crippen molar-refractivity contribution >= 4 is 104 Å². The van der Waals surface area contributed by atoms with E-state index in [9.17, 15) is 0 Å². The van der Waals surface area contributed by atoms with E-state index >= 15 is 0 Å². The maximum absolute atomic E-state index is 5.58. The highest BCUT2D eigenvalue weighted by atomic mass is 35.6. The van der Waals surface area contributed by atoms with E-state index in [1.165, 1.54) is 0 Å². The molecule has 1 heterocycles. The summed E-state index contributed by atoms with van der Waals surface area (Å²) in [6, 6.07) is -0.280. The maximum atomic E-state index is 5.58. The molecular weight excluding hydrogens is 466 g/mol. The number of rotatable bonds is 5. The van der Waals surface area contributed by atoms with Crippen molar-refractivity contribution in [3.63, 3.8) is 0 Å². The minimum Gasteiger partial charge on any atom is -0.458 e. The lowest BCUT2D eigenvalue weighted by molar-refractivity contribution is 0.292. The van der Waals surface area contributed by atoms with E-state index in [1.807, 2.05) is 0 Å². The largest absolute Gasteiger partial charge is 0.458 e. The molecule has 0 aromatic rings. The smallest absolute Gasteiger partial charge is 0.331 e.